The molecule has 40 heavy (non-hydrogen) atoms. The zero-order chi connectivity index (χ0) is 28.5. The van der Waals surface area contributed by atoms with Crippen LogP contribution < -0.4 is 0 Å². The molecule has 0 unspecified atom stereocenters. The number of halogens is 2. The Morgan fingerprint density at radius 2 is 1.05 bits per heavy atom. The van der Waals surface area contributed by atoms with Crippen LogP contribution in [0.2, 0.25) is 0 Å². The normalized spacial score (nSPS) is 22.0. The molecule has 0 aliphatic carbocycles. The number of alkyl halides is 2. The molecule has 1 aliphatic rings. The zero-order valence-corrected chi connectivity index (χ0v) is 21.6. The van der Waals surface area contributed by atoms with Gasteiger partial charge in [0.25, 0.3) is 0 Å². The topological polar surface area (TPSA) is 114 Å². The summed E-state index contributed by atoms with van der Waals surface area (Å²) >= 11 is 5.50. The third-order valence-electron chi connectivity index (χ3n) is 5.85. The highest BCUT2D eigenvalue weighted by Gasteiger charge is 2.53. The van der Waals surface area contributed by atoms with Crippen LogP contribution in [0.15, 0.2) is 91.0 Å². The van der Waals surface area contributed by atoms with E-state index in [9.17, 15) is 19.2 Å². The summed E-state index contributed by atoms with van der Waals surface area (Å²) in [5.41, 5.74) is 0.335. The Kier molecular flexibility index (Phi) is 9.82. The second kappa shape index (κ2) is 13.7. The molecule has 1 saturated heterocycles. The van der Waals surface area contributed by atoms with Gasteiger partial charge in [0, 0.05) is 0 Å². The number of ether oxygens (including phenoxy) is 5. The number of hydrogen-bond donors (Lipinski definition) is 0. The van der Waals surface area contributed by atoms with Crippen LogP contribution in [0.3, 0.4) is 0 Å². The van der Waals surface area contributed by atoms with Crippen molar-refractivity contribution in [3.63, 3.8) is 0 Å². The third-order valence-corrected chi connectivity index (χ3v) is 6.07. The van der Waals surface area contributed by atoms with Crippen LogP contribution in [0.5, 0.6) is 0 Å². The first kappa shape index (κ1) is 28.7. The summed E-state index contributed by atoms with van der Waals surface area (Å²) in [5, 5.41) is 0. The number of esters is 4. The van der Waals surface area contributed by atoms with Crippen LogP contribution >= 0.6 is 11.6 Å². The second-order valence-corrected chi connectivity index (χ2v) is 8.82. The van der Waals surface area contributed by atoms with E-state index >= 15 is 4.39 Å². The number of benzene rings is 3. The van der Waals surface area contributed by atoms with Crippen molar-refractivity contribution in [1.82, 2.24) is 0 Å². The number of carbonyl (C=O) groups is 4. The van der Waals surface area contributed by atoms with Crippen molar-refractivity contribution in [2.24, 2.45) is 0 Å². The minimum absolute atomic E-state index is 0.0961. The standard InChI is InChI=1S/C29H24ClFO9/c30-16-22(32)36-17-21-23(38-27(33)18-10-4-1-5-11-18)24(39-28(34)19-12-6-2-7-13-19)25(26(31)37-21)40-29(35)20-14-8-3-9-15-20/h1-15,21,23-26H,16-17H2/t21-,23+,24+,25-,26+/m1/s1. The molecule has 1 fully saturated rings. The van der Waals surface area contributed by atoms with E-state index in [2.05, 4.69) is 0 Å². The lowest BCUT2D eigenvalue weighted by Crippen LogP contribution is -2.61. The summed E-state index contributed by atoms with van der Waals surface area (Å²) in [6, 6.07) is 23.4. The van der Waals surface area contributed by atoms with Gasteiger partial charge in [0.1, 0.15) is 18.6 Å². The molecule has 0 amide bonds. The molecule has 0 bridgehead atoms. The smallest absolute Gasteiger partial charge is 0.338 e. The second-order valence-electron chi connectivity index (χ2n) is 8.55. The highest BCUT2D eigenvalue weighted by Crippen LogP contribution is 2.31. The Labute approximate surface area is 233 Å². The van der Waals surface area contributed by atoms with Crippen molar-refractivity contribution in [1.29, 1.82) is 0 Å². The molecule has 208 valence electrons. The number of carbonyl (C=O) groups excluding carboxylic acids is 4. The molecule has 0 radical (unpaired) electrons. The first-order valence-corrected chi connectivity index (χ1v) is 12.7. The summed E-state index contributed by atoms with van der Waals surface area (Å²) in [7, 11) is 0. The molecule has 9 nitrogen and oxygen atoms in total. The quantitative estimate of drug-likeness (QED) is 0.213. The van der Waals surface area contributed by atoms with Crippen molar-refractivity contribution in [3.8, 4) is 0 Å². The van der Waals surface area contributed by atoms with E-state index in [1.807, 2.05) is 0 Å². The summed E-state index contributed by atoms with van der Waals surface area (Å²) in [6.45, 7) is -0.600. The number of hydrogen-bond acceptors (Lipinski definition) is 9. The van der Waals surface area contributed by atoms with Gasteiger partial charge >= 0.3 is 23.9 Å². The molecular weight excluding hydrogens is 547 g/mol. The Bertz CT molecular complexity index is 1310. The highest BCUT2D eigenvalue weighted by atomic mass is 35.5. The Morgan fingerprint density at radius 3 is 1.48 bits per heavy atom. The lowest BCUT2D eigenvalue weighted by molar-refractivity contribution is -0.262. The van der Waals surface area contributed by atoms with Gasteiger partial charge in [-0.2, -0.15) is 0 Å². The fourth-order valence-corrected chi connectivity index (χ4v) is 3.99. The van der Waals surface area contributed by atoms with Gasteiger partial charge in [-0.05, 0) is 36.4 Å². The maximum Gasteiger partial charge on any atom is 0.338 e. The number of rotatable bonds is 9. The van der Waals surface area contributed by atoms with E-state index in [0.717, 1.165) is 0 Å². The van der Waals surface area contributed by atoms with Crippen molar-refractivity contribution in [3.05, 3.63) is 108 Å². The maximum absolute atomic E-state index is 15.5. The van der Waals surface area contributed by atoms with Crippen LogP contribution in [0.4, 0.5) is 4.39 Å². The van der Waals surface area contributed by atoms with Gasteiger partial charge in [0.15, 0.2) is 18.3 Å². The molecule has 3 aromatic carbocycles. The minimum atomic E-state index is -2.35. The first-order chi connectivity index (χ1) is 19.4. The summed E-state index contributed by atoms with van der Waals surface area (Å²) < 4.78 is 42.6. The molecule has 0 saturated carbocycles. The van der Waals surface area contributed by atoms with Crippen molar-refractivity contribution >= 4 is 35.5 Å². The molecule has 3 aromatic rings. The SMILES string of the molecule is O=C(CCl)OC[C@H]1O[C@H](F)[C@H](OC(=O)c2ccccc2)[C@@H](OC(=O)c2ccccc2)[C@H]1OC(=O)c1ccccc1. The molecule has 0 aromatic heterocycles. The van der Waals surface area contributed by atoms with Gasteiger partial charge in [-0.3, -0.25) is 4.79 Å². The van der Waals surface area contributed by atoms with E-state index in [1.165, 1.54) is 36.4 Å². The monoisotopic (exact) mass is 570 g/mol. The van der Waals surface area contributed by atoms with Crippen LogP contribution in [0.25, 0.3) is 0 Å². The van der Waals surface area contributed by atoms with E-state index in [0.29, 0.717) is 0 Å². The van der Waals surface area contributed by atoms with Crippen molar-refractivity contribution in [2.45, 2.75) is 30.8 Å². The van der Waals surface area contributed by atoms with Crippen LogP contribution in [0.1, 0.15) is 31.1 Å². The Morgan fingerprint density at radius 1 is 0.650 bits per heavy atom. The average Bonchev–Trinajstić information content (AvgIpc) is 3.00. The molecule has 0 spiro atoms. The maximum atomic E-state index is 15.5. The van der Waals surface area contributed by atoms with Crippen LogP contribution in [-0.4, -0.2) is 67.1 Å². The average molecular weight is 571 g/mol. The highest BCUT2D eigenvalue weighted by molar-refractivity contribution is 6.26. The van der Waals surface area contributed by atoms with Crippen LogP contribution in [0, 0.1) is 0 Å². The van der Waals surface area contributed by atoms with E-state index in [1.54, 1.807) is 54.6 Å². The fraction of sp³-hybridized carbons (Fsp3) is 0.241. The van der Waals surface area contributed by atoms with Gasteiger partial charge in [-0.15, -0.1) is 11.6 Å². The molecule has 11 heteroatoms. The van der Waals surface area contributed by atoms with Gasteiger partial charge in [0.05, 0.1) is 16.7 Å². The van der Waals surface area contributed by atoms with Gasteiger partial charge in [-0.25, -0.2) is 18.8 Å². The van der Waals surface area contributed by atoms with Gasteiger partial charge in [-0.1, -0.05) is 54.6 Å². The molecule has 5 atom stereocenters. The summed E-state index contributed by atoms with van der Waals surface area (Å²) in [5.74, 6) is -4.04. The van der Waals surface area contributed by atoms with Crippen LogP contribution in [-0.2, 0) is 28.5 Å². The first-order valence-electron chi connectivity index (χ1n) is 12.2. The molecule has 1 heterocycles. The Hall–Kier alpha value is -4.28. The fourth-order valence-electron chi connectivity index (χ4n) is 3.91. The zero-order valence-electron chi connectivity index (χ0n) is 20.9. The predicted octanol–water partition coefficient (Wildman–Crippen LogP) is 4.14. The largest absolute Gasteiger partial charge is 0.462 e. The molecule has 4 rings (SSSR count). The summed E-state index contributed by atoms with van der Waals surface area (Å²) in [4.78, 5) is 50.7. The van der Waals surface area contributed by atoms with E-state index in [4.69, 9.17) is 35.3 Å². The minimum Gasteiger partial charge on any atom is -0.462 e. The summed E-state index contributed by atoms with van der Waals surface area (Å²) in [6.07, 6.45) is -8.92. The van der Waals surface area contributed by atoms with Gasteiger partial charge in [0.2, 0.25) is 6.36 Å². The molecule has 1 aliphatic heterocycles. The van der Waals surface area contributed by atoms with E-state index in [-0.39, 0.29) is 16.7 Å². The lowest BCUT2D eigenvalue weighted by atomic mass is 9.98. The predicted molar refractivity (Wildman–Crippen MR) is 138 cm³/mol. The van der Waals surface area contributed by atoms with E-state index < -0.39 is 67.1 Å². The molecular formula is C29H24ClFO9. The van der Waals surface area contributed by atoms with Gasteiger partial charge < -0.3 is 23.7 Å². The van der Waals surface area contributed by atoms with Crippen molar-refractivity contribution < 1.29 is 47.3 Å². The molecule has 0 N–H and O–H groups in total. The Balaban J connectivity index is 1.69. The third kappa shape index (κ3) is 7.22. The lowest BCUT2D eigenvalue weighted by Gasteiger charge is -2.42. The van der Waals surface area contributed by atoms with Crippen molar-refractivity contribution in [2.75, 3.05) is 12.5 Å².